The molecule has 6 heteroatoms. The van der Waals surface area contributed by atoms with Crippen LogP contribution in [0.2, 0.25) is 0 Å². The van der Waals surface area contributed by atoms with Crippen LogP contribution in [0.4, 0.5) is 4.79 Å². The number of aromatic nitrogens is 1. The van der Waals surface area contributed by atoms with Gasteiger partial charge in [-0.25, -0.2) is 4.79 Å². The van der Waals surface area contributed by atoms with Crippen molar-refractivity contribution in [2.75, 3.05) is 0 Å². The summed E-state index contributed by atoms with van der Waals surface area (Å²) in [4.78, 5) is 30.6. The average molecular weight is 521 g/mol. The lowest BCUT2D eigenvalue weighted by molar-refractivity contribution is -0.121. The monoisotopic (exact) mass is 520 g/mol. The van der Waals surface area contributed by atoms with Gasteiger partial charge in [0, 0.05) is 25.1 Å². The highest BCUT2D eigenvalue weighted by atomic mass is 32.1. The highest BCUT2D eigenvalue weighted by Crippen LogP contribution is 2.23. The Bertz CT molecular complexity index is 1040. The zero-order valence-electron chi connectivity index (χ0n) is 22.1. The zero-order chi connectivity index (χ0) is 26.3. The highest BCUT2D eigenvalue weighted by Gasteiger charge is 2.21. The van der Waals surface area contributed by atoms with E-state index in [1.165, 1.54) is 22.5 Å². The van der Waals surface area contributed by atoms with Crippen molar-refractivity contribution in [2.24, 2.45) is 11.8 Å². The van der Waals surface area contributed by atoms with Gasteiger partial charge >= 0.3 is 6.09 Å². The Balaban J connectivity index is 1.65. The second kappa shape index (κ2) is 16.0. The van der Waals surface area contributed by atoms with Crippen LogP contribution in [0.1, 0.15) is 68.4 Å². The van der Waals surface area contributed by atoms with Gasteiger partial charge in [0.25, 0.3) is 0 Å². The van der Waals surface area contributed by atoms with E-state index in [-0.39, 0.29) is 18.6 Å². The Labute approximate surface area is 225 Å². The second-order valence-electron chi connectivity index (χ2n) is 9.84. The van der Waals surface area contributed by atoms with E-state index in [0.717, 1.165) is 43.4 Å². The number of carbonyl (C=O) groups excluding carboxylic acids is 2. The molecule has 5 nitrogen and oxygen atoms in total. The summed E-state index contributed by atoms with van der Waals surface area (Å²) in [6.45, 7) is 4.54. The van der Waals surface area contributed by atoms with Crippen LogP contribution < -0.4 is 5.32 Å². The molecule has 0 fully saturated rings. The van der Waals surface area contributed by atoms with E-state index in [2.05, 4.69) is 60.5 Å². The van der Waals surface area contributed by atoms with Gasteiger partial charge in [0.15, 0.2) is 0 Å². The molecule has 2 atom stereocenters. The smallest absolute Gasteiger partial charge is 0.407 e. The molecule has 0 radical (unpaired) electrons. The molecular formula is C31H40N2O3S. The fourth-order valence-electron chi connectivity index (χ4n) is 4.75. The highest BCUT2D eigenvalue weighted by molar-refractivity contribution is 7.09. The summed E-state index contributed by atoms with van der Waals surface area (Å²) < 4.78 is 5.46. The van der Waals surface area contributed by atoms with Crippen LogP contribution in [-0.4, -0.2) is 22.9 Å². The van der Waals surface area contributed by atoms with Crippen LogP contribution in [0.25, 0.3) is 0 Å². The van der Waals surface area contributed by atoms with Crippen molar-refractivity contribution in [1.82, 2.24) is 10.3 Å². The van der Waals surface area contributed by atoms with Gasteiger partial charge in [-0.1, -0.05) is 87.4 Å². The molecule has 0 aliphatic carbocycles. The maximum absolute atomic E-state index is 13.0. The molecule has 3 rings (SSSR count). The molecule has 198 valence electrons. The SMILES string of the molecule is CCC(CC)CC(=O)C[C@H](CC[C@H](Cc1ccccc1)NC(=O)OCc1cncs1)Cc1ccccc1. The molecule has 0 saturated heterocycles. The summed E-state index contributed by atoms with van der Waals surface area (Å²) in [5, 5.41) is 3.09. The van der Waals surface area contributed by atoms with E-state index in [0.29, 0.717) is 24.5 Å². The maximum Gasteiger partial charge on any atom is 0.407 e. The molecule has 2 aromatic carbocycles. The normalized spacial score (nSPS) is 12.7. The third-order valence-corrected chi connectivity index (χ3v) is 7.71. The number of ketones is 1. The summed E-state index contributed by atoms with van der Waals surface area (Å²) in [5.41, 5.74) is 4.14. The molecular weight excluding hydrogens is 480 g/mol. The van der Waals surface area contributed by atoms with Crippen molar-refractivity contribution in [3.05, 3.63) is 88.4 Å². The van der Waals surface area contributed by atoms with Gasteiger partial charge < -0.3 is 10.1 Å². The number of benzene rings is 2. The number of nitrogens with one attached hydrogen (secondary N) is 1. The summed E-state index contributed by atoms with van der Waals surface area (Å²) in [7, 11) is 0. The third-order valence-electron chi connectivity index (χ3n) is 6.95. The first-order valence-electron chi connectivity index (χ1n) is 13.5. The van der Waals surface area contributed by atoms with Crippen LogP contribution in [0.5, 0.6) is 0 Å². The van der Waals surface area contributed by atoms with Gasteiger partial charge in [-0.2, -0.15) is 0 Å². The first-order valence-corrected chi connectivity index (χ1v) is 14.3. The lowest BCUT2D eigenvalue weighted by Gasteiger charge is -2.23. The molecule has 0 saturated carbocycles. The van der Waals surface area contributed by atoms with E-state index in [4.69, 9.17) is 4.74 Å². The van der Waals surface area contributed by atoms with Crippen LogP contribution in [0.15, 0.2) is 72.4 Å². The van der Waals surface area contributed by atoms with E-state index in [1.54, 1.807) is 11.7 Å². The number of hydrogen-bond acceptors (Lipinski definition) is 5. The average Bonchev–Trinajstić information content (AvgIpc) is 3.44. The number of rotatable bonds is 16. The van der Waals surface area contributed by atoms with Crippen LogP contribution in [-0.2, 0) is 29.0 Å². The van der Waals surface area contributed by atoms with E-state index < -0.39 is 6.09 Å². The maximum atomic E-state index is 13.0. The standard InChI is InChI=1S/C31H40N2O3S/c1-3-24(4-2)19-29(34)20-27(17-25-11-7-5-8-12-25)15-16-28(18-26-13-9-6-10-14-26)33-31(35)36-22-30-21-32-23-37-30/h5-14,21,23-24,27-28H,3-4,15-20,22H2,1-2H3,(H,33,35)/t27-,28-/m1/s1. The van der Waals surface area contributed by atoms with Gasteiger partial charge in [0.2, 0.25) is 0 Å². The van der Waals surface area contributed by atoms with Gasteiger partial charge in [-0.05, 0) is 48.6 Å². The largest absolute Gasteiger partial charge is 0.444 e. The second-order valence-corrected chi connectivity index (χ2v) is 10.8. The Hall–Kier alpha value is -2.99. The number of amides is 1. The number of nitrogens with zero attached hydrogens (tertiary/aromatic N) is 1. The number of ether oxygens (including phenoxy) is 1. The van der Waals surface area contributed by atoms with Crippen LogP contribution in [0.3, 0.4) is 0 Å². The minimum atomic E-state index is -0.418. The number of hydrogen-bond donors (Lipinski definition) is 1. The summed E-state index contributed by atoms with van der Waals surface area (Å²) in [6, 6.07) is 20.5. The van der Waals surface area contributed by atoms with Gasteiger partial charge in [0.05, 0.1) is 10.4 Å². The molecule has 1 N–H and O–H groups in total. The van der Waals surface area contributed by atoms with E-state index in [1.807, 2.05) is 24.3 Å². The molecule has 1 heterocycles. The number of carbonyl (C=O) groups is 2. The molecule has 0 unspecified atom stereocenters. The molecule has 1 aromatic heterocycles. The third kappa shape index (κ3) is 10.9. The van der Waals surface area contributed by atoms with Crippen molar-refractivity contribution in [3.8, 4) is 0 Å². The number of thiazole rings is 1. The molecule has 1 amide bonds. The van der Waals surface area contributed by atoms with Crippen molar-refractivity contribution in [2.45, 2.75) is 77.9 Å². The Morgan fingerprint density at radius 3 is 2.08 bits per heavy atom. The summed E-state index contributed by atoms with van der Waals surface area (Å²) in [5.74, 6) is 1.05. The fourth-order valence-corrected chi connectivity index (χ4v) is 5.25. The van der Waals surface area contributed by atoms with Crippen LogP contribution in [0, 0.1) is 11.8 Å². The van der Waals surface area contributed by atoms with Gasteiger partial charge in [-0.3, -0.25) is 9.78 Å². The quantitative estimate of drug-likeness (QED) is 0.214. The van der Waals surface area contributed by atoms with E-state index >= 15 is 0 Å². The summed E-state index contributed by atoms with van der Waals surface area (Å²) in [6.07, 6.45) is 7.84. The Kier molecular flexibility index (Phi) is 12.3. The molecule has 37 heavy (non-hydrogen) atoms. The van der Waals surface area contributed by atoms with Crippen molar-refractivity contribution in [1.29, 1.82) is 0 Å². The lowest BCUT2D eigenvalue weighted by Crippen LogP contribution is -2.37. The molecule has 0 spiro atoms. The Morgan fingerprint density at radius 1 is 0.865 bits per heavy atom. The van der Waals surface area contributed by atoms with Crippen molar-refractivity contribution < 1.29 is 14.3 Å². The van der Waals surface area contributed by atoms with Crippen molar-refractivity contribution in [3.63, 3.8) is 0 Å². The zero-order valence-corrected chi connectivity index (χ0v) is 22.9. The predicted octanol–water partition coefficient (Wildman–Crippen LogP) is 7.41. The first-order chi connectivity index (χ1) is 18.1. The number of alkyl carbamates (subject to hydrolysis) is 1. The molecule has 0 aliphatic rings. The lowest BCUT2D eigenvalue weighted by atomic mass is 9.85. The Morgan fingerprint density at radius 2 is 1.49 bits per heavy atom. The molecule has 0 aliphatic heterocycles. The fraction of sp³-hybridized carbons (Fsp3) is 0.452. The predicted molar refractivity (Wildman–Crippen MR) is 151 cm³/mol. The van der Waals surface area contributed by atoms with Gasteiger partial charge in [-0.15, -0.1) is 11.3 Å². The minimum absolute atomic E-state index is 0.0798. The van der Waals surface area contributed by atoms with Crippen LogP contribution >= 0.6 is 11.3 Å². The minimum Gasteiger partial charge on any atom is -0.444 e. The number of Topliss-reactive ketones (excluding diaryl/α,β-unsaturated/α-hetero) is 1. The molecule has 3 aromatic rings. The summed E-state index contributed by atoms with van der Waals surface area (Å²) >= 11 is 1.47. The first kappa shape index (κ1) is 28.6. The van der Waals surface area contributed by atoms with Gasteiger partial charge in [0.1, 0.15) is 12.4 Å². The van der Waals surface area contributed by atoms with Crippen molar-refractivity contribution >= 4 is 23.2 Å². The molecule has 0 bridgehead atoms. The van der Waals surface area contributed by atoms with E-state index in [9.17, 15) is 9.59 Å². The topological polar surface area (TPSA) is 68.3 Å².